The van der Waals surface area contributed by atoms with Crippen LogP contribution in [0.5, 0.6) is 5.75 Å². The Labute approximate surface area is 241 Å². The number of carbonyl (C=O) groups is 1. The summed E-state index contributed by atoms with van der Waals surface area (Å²) in [5.41, 5.74) is 8.85. The van der Waals surface area contributed by atoms with Gasteiger partial charge >= 0.3 is 5.97 Å². The minimum absolute atomic E-state index is 0.0140. The first-order chi connectivity index (χ1) is 19.2. The molecule has 0 saturated carbocycles. The van der Waals surface area contributed by atoms with E-state index >= 15 is 0 Å². The van der Waals surface area contributed by atoms with Crippen LogP contribution in [-0.2, 0) is 21.4 Å². The van der Waals surface area contributed by atoms with Crippen molar-refractivity contribution >= 4 is 12.0 Å². The Morgan fingerprint density at radius 1 is 0.950 bits per heavy atom. The number of carboxylic acid groups (broad SMARTS) is 1. The minimum atomic E-state index is -0.841. The fourth-order valence-corrected chi connectivity index (χ4v) is 5.66. The lowest BCUT2D eigenvalue weighted by Gasteiger charge is -2.34. The number of rotatable bonds is 11. The molecule has 0 aliphatic carbocycles. The number of benzene rings is 3. The first kappa shape index (κ1) is 31.2. The van der Waals surface area contributed by atoms with Crippen LogP contribution in [0.1, 0.15) is 87.3 Å². The maximum atomic E-state index is 11.3. The summed E-state index contributed by atoms with van der Waals surface area (Å²) >= 11 is 0. The van der Waals surface area contributed by atoms with Crippen molar-refractivity contribution in [2.75, 3.05) is 13.7 Å². The van der Waals surface area contributed by atoms with Crippen molar-refractivity contribution in [3.8, 4) is 16.9 Å². The van der Waals surface area contributed by atoms with Gasteiger partial charge in [0.15, 0.2) is 0 Å². The molecule has 0 amide bonds. The van der Waals surface area contributed by atoms with Crippen molar-refractivity contribution in [3.63, 3.8) is 0 Å². The summed E-state index contributed by atoms with van der Waals surface area (Å²) in [6, 6.07) is 19.2. The second-order valence-electron chi connectivity index (χ2n) is 10.5. The van der Waals surface area contributed by atoms with E-state index in [9.17, 15) is 9.90 Å². The van der Waals surface area contributed by atoms with E-state index < -0.39 is 5.97 Å². The van der Waals surface area contributed by atoms with Gasteiger partial charge in [0.2, 0.25) is 0 Å². The summed E-state index contributed by atoms with van der Waals surface area (Å²) in [5, 5.41) is 9.27. The van der Waals surface area contributed by atoms with Crippen molar-refractivity contribution in [1.82, 2.24) is 0 Å². The van der Waals surface area contributed by atoms with Gasteiger partial charge in [-0.05, 0) is 90.3 Å². The fraction of sp³-hybridized carbons (Fsp3) is 0.417. The molecule has 3 aromatic rings. The van der Waals surface area contributed by atoms with E-state index in [-0.39, 0.29) is 17.4 Å². The Morgan fingerprint density at radius 3 is 2.08 bits per heavy atom. The third kappa shape index (κ3) is 6.50. The number of aryl methyl sites for hydroxylation is 2. The third-order valence-corrected chi connectivity index (χ3v) is 8.40. The molecule has 0 bridgehead atoms. The lowest BCUT2D eigenvalue weighted by Crippen LogP contribution is -2.26. The molecule has 0 radical (unpaired) electrons. The van der Waals surface area contributed by atoms with E-state index in [1.807, 2.05) is 32.0 Å². The van der Waals surface area contributed by atoms with Crippen molar-refractivity contribution in [2.24, 2.45) is 0 Å². The standard InChI is InChI=1S/C34H40O4.C2H6/c1-7-33(22-38-33)17-16-26-11-12-27(18-23(26)4)34(8-2,9-3)28-13-14-29(24(5)19-28)30-20-25(21-32(35)36)10-15-31(30)37-6;1-2/h10-20H,7-9,21-22H2,1-6H3,(H,35,36);1-2H3/b17-16+;. The molecule has 3 aromatic carbocycles. The van der Waals surface area contributed by atoms with Crippen LogP contribution in [0.25, 0.3) is 17.2 Å². The van der Waals surface area contributed by atoms with Crippen molar-refractivity contribution in [3.05, 3.63) is 94.1 Å². The Bertz CT molecular complexity index is 1340. The maximum absolute atomic E-state index is 11.3. The molecule has 1 N–H and O–H groups in total. The van der Waals surface area contributed by atoms with Gasteiger partial charge in [-0.2, -0.15) is 0 Å². The topological polar surface area (TPSA) is 59.1 Å². The maximum Gasteiger partial charge on any atom is 0.307 e. The van der Waals surface area contributed by atoms with Crippen LogP contribution >= 0.6 is 0 Å². The van der Waals surface area contributed by atoms with Gasteiger partial charge in [-0.25, -0.2) is 0 Å². The number of carboxylic acids is 1. The highest BCUT2D eigenvalue weighted by Gasteiger charge is 2.39. The lowest BCUT2D eigenvalue weighted by molar-refractivity contribution is -0.136. The Morgan fingerprint density at radius 2 is 1.57 bits per heavy atom. The molecule has 1 unspecified atom stereocenters. The first-order valence-electron chi connectivity index (χ1n) is 14.7. The normalized spacial score (nSPS) is 16.4. The average molecular weight is 543 g/mol. The number of ether oxygens (including phenoxy) is 2. The van der Waals surface area contributed by atoms with Gasteiger partial charge in [0, 0.05) is 11.0 Å². The van der Waals surface area contributed by atoms with E-state index in [1.54, 1.807) is 7.11 Å². The monoisotopic (exact) mass is 542 g/mol. The SMILES string of the molecule is CC.CCC1(/C=C/c2ccc(C(CC)(CC)c3ccc(-c4cc(CC(=O)O)ccc4OC)c(C)c3)cc2C)CO1. The third-order valence-electron chi connectivity index (χ3n) is 8.40. The molecule has 1 fully saturated rings. The smallest absolute Gasteiger partial charge is 0.307 e. The lowest BCUT2D eigenvalue weighted by atomic mass is 9.69. The quantitative estimate of drug-likeness (QED) is 0.246. The number of hydrogen-bond acceptors (Lipinski definition) is 3. The van der Waals surface area contributed by atoms with Gasteiger partial charge in [-0.1, -0.05) is 83.2 Å². The molecule has 4 heteroatoms. The molecule has 1 aliphatic rings. The van der Waals surface area contributed by atoms with Crippen LogP contribution in [0.4, 0.5) is 0 Å². The largest absolute Gasteiger partial charge is 0.496 e. The number of hydrogen-bond donors (Lipinski definition) is 1. The number of epoxide rings is 1. The summed E-state index contributed by atoms with van der Waals surface area (Å²) < 4.78 is 11.3. The van der Waals surface area contributed by atoms with Gasteiger partial charge in [-0.15, -0.1) is 0 Å². The summed E-state index contributed by atoms with van der Waals surface area (Å²) in [7, 11) is 1.65. The molecule has 0 aromatic heterocycles. The van der Waals surface area contributed by atoms with Crippen molar-refractivity contribution in [2.45, 2.75) is 85.2 Å². The fourth-order valence-electron chi connectivity index (χ4n) is 5.66. The van der Waals surface area contributed by atoms with E-state index in [0.29, 0.717) is 0 Å². The summed E-state index contributed by atoms with van der Waals surface area (Å²) in [4.78, 5) is 11.3. The zero-order valence-corrected chi connectivity index (χ0v) is 25.6. The molecule has 214 valence electrons. The van der Waals surface area contributed by atoms with Gasteiger partial charge in [0.1, 0.15) is 11.4 Å². The summed E-state index contributed by atoms with van der Waals surface area (Å²) in [5.74, 6) is -0.0978. The van der Waals surface area contributed by atoms with Crippen LogP contribution in [0.15, 0.2) is 60.7 Å². The number of methoxy groups -OCH3 is 1. The molecule has 4 nitrogen and oxygen atoms in total. The molecule has 4 rings (SSSR count). The van der Waals surface area contributed by atoms with Crippen LogP contribution in [0.3, 0.4) is 0 Å². The first-order valence-corrected chi connectivity index (χ1v) is 14.7. The van der Waals surface area contributed by atoms with Crippen LogP contribution < -0.4 is 4.74 Å². The van der Waals surface area contributed by atoms with Crippen LogP contribution in [-0.4, -0.2) is 30.4 Å². The Balaban J connectivity index is 0.00000216. The Kier molecular flexibility index (Phi) is 10.4. The highest BCUT2D eigenvalue weighted by molar-refractivity contribution is 5.77. The minimum Gasteiger partial charge on any atom is -0.496 e. The molecule has 1 aliphatic heterocycles. The zero-order chi connectivity index (χ0) is 29.5. The van der Waals surface area contributed by atoms with E-state index in [4.69, 9.17) is 9.47 Å². The molecule has 1 atom stereocenters. The summed E-state index contributed by atoms with van der Waals surface area (Å²) in [6.45, 7) is 15.8. The van der Waals surface area contributed by atoms with Gasteiger partial charge < -0.3 is 14.6 Å². The molecular weight excluding hydrogens is 496 g/mol. The highest BCUT2D eigenvalue weighted by atomic mass is 16.6. The van der Waals surface area contributed by atoms with Crippen LogP contribution in [0, 0.1) is 13.8 Å². The molecule has 0 spiro atoms. The predicted molar refractivity (Wildman–Crippen MR) is 166 cm³/mol. The zero-order valence-electron chi connectivity index (χ0n) is 25.6. The molecule has 1 heterocycles. The van der Waals surface area contributed by atoms with E-state index in [0.717, 1.165) is 53.9 Å². The van der Waals surface area contributed by atoms with Gasteiger partial charge in [0.25, 0.3) is 0 Å². The van der Waals surface area contributed by atoms with Crippen LogP contribution in [0.2, 0.25) is 0 Å². The number of aliphatic carboxylic acids is 1. The van der Waals surface area contributed by atoms with Gasteiger partial charge in [0.05, 0.1) is 20.1 Å². The second kappa shape index (κ2) is 13.3. The average Bonchev–Trinajstić information content (AvgIpc) is 3.75. The van der Waals surface area contributed by atoms with E-state index in [2.05, 4.69) is 83.2 Å². The molecular formula is C36H46O4. The predicted octanol–water partition coefficient (Wildman–Crippen LogP) is 8.93. The summed E-state index contributed by atoms with van der Waals surface area (Å²) in [6.07, 6.45) is 7.38. The van der Waals surface area contributed by atoms with Gasteiger partial charge in [-0.3, -0.25) is 4.79 Å². The van der Waals surface area contributed by atoms with Crippen molar-refractivity contribution in [1.29, 1.82) is 0 Å². The van der Waals surface area contributed by atoms with E-state index in [1.165, 1.54) is 22.3 Å². The highest BCUT2D eigenvalue weighted by Crippen LogP contribution is 2.42. The van der Waals surface area contributed by atoms with Crippen molar-refractivity contribution < 1.29 is 19.4 Å². The Hall–Kier alpha value is -3.37. The second-order valence-corrected chi connectivity index (χ2v) is 10.5. The molecule has 1 saturated heterocycles. The molecule has 40 heavy (non-hydrogen) atoms.